The average molecular weight is 482 g/mol. The molecule has 0 radical (unpaired) electrons. The van der Waals surface area contributed by atoms with Crippen LogP contribution in [0.15, 0.2) is 47.6 Å². The van der Waals surface area contributed by atoms with E-state index in [0.717, 1.165) is 77.9 Å². The van der Waals surface area contributed by atoms with Gasteiger partial charge in [0, 0.05) is 63.2 Å². The Kier molecular flexibility index (Phi) is 8.44. The van der Waals surface area contributed by atoms with Crippen molar-refractivity contribution in [1.29, 1.82) is 0 Å². The third kappa shape index (κ3) is 6.29. The largest absolute Gasteiger partial charge is 0.493 e. The van der Waals surface area contributed by atoms with Gasteiger partial charge in [0.25, 0.3) is 0 Å². The van der Waals surface area contributed by atoms with Crippen LogP contribution in [0.2, 0.25) is 0 Å². The van der Waals surface area contributed by atoms with Gasteiger partial charge in [-0.15, -0.1) is 0 Å². The number of likely N-dealkylation sites (N-methyl/N-ethyl adjacent to an activating group) is 1. The monoisotopic (exact) mass is 481 g/mol. The molecule has 2 heterocycles. The molecule has 182 valence electrons. The molecule has 1 fully saturated rings. The normalized spacial score (nSPS) is 14.9. The van der Waals surface area contributed by atoms with Gasteiger partial charge in [-0.1, -0.05) is 0 Å². The maximum Gasteiger partial charge on any atom is 0.141 e. The summed E-state index contributed by atoms with van der Waals surface area (Å²) in [6.07, 6.45) is 2.62. The predicted octanol–water partition coefficient (Wildman–Crippen LogP) is 3.68. The number of ether oxygens (including phenoxy) is 1. The molecule has 4 rings (SSSR count). The minimum Gasteiger partial charge on any atom is -0.493 e. The van der Waals surface area contributed by atoms with Crippen LogP contribution in [0.25, 0.3) is 10.9 Å². The van der Waals surface area contributed by atoms with Crippen LogP contribution >= 0.6 is 11.9 Å². The molecular formula is C25H35N7OS. The topological polar surface area (TPSA) is 68.8 Å². The summed E-state index contributed by atoms with van der Waals surface area (Å²) in [5.41, 5.74) is 2.95. The number of piperazine rings is 1. The molecule has 0 aliphatic carbocycles. The average Bonchev–Trinajstić information content (AvgIpc) is 2.83. The van der Waals surface area contributed by atoms with Crippen molar-refractivity contribution >= 4 is 40.0 Å². The molecule has 0 spiro atoms. The fourth-order valence-corrected chi connectivity index (χ4v) is 4.64. The fraction of sp³-hybridized carbons (Fsp3) is 0.440. The number of rotatable bonds is 10. The van der Waals surface area contributed by atoms with E-state index in [1.54, 1.807) is 18.3 Å². The fourth-order valence-electron chi connectivity index (χ4n) is 4.09. The molecule has 0 amide bonds. The number of hydrogen-bond donors (Lipinski definition) is 2. The van der Waals surface area contributed by atoms with Crippen molar-refractivity contribution < 1.29 is 4.74 Å². The smallest absolute Gasteiger partial charge is 0.141 e. The van der Waals surface area contributed by atoms with Gasteiger partial charge in [-0.3, -0.25) is 4.72 Å². The van der Waals surface area contributed by atoms with E-state index in [1.807, 2.05) is 39.3 Å². The number of fused-ring (bicyclic) bond motifs is 1. The van der Waals surface area contributed by atoms with Gasteiger partial charge in [-0.25, -0.2) is 9.97 Å². The van der Waals surface area contributed by atoms with Crippen molar-refractivity contribution in [3.63, 3.8) is 0 Å². The Hall–Kier alpha value is -2.59. The lowest BCUT2D eigenvalue weighted by Gasteiger charge is -2.32. The molecular weight excluding hydrogens is 446 g/mol. The molecule has 34 heavy (non-hydrogen) atoms. The van der Waals surface area contributed by atoms with E-state index < -0.39 is 0 Å². The lowest BCUT2D eigenvalue weighted by Crippen LogP contribution is -2.44. The van der Waals surface area contributed by atoms with Gasteiger partial charge in [-0.05, 0) is 62.8 Å². The molecule has 1 aromatic heterocycles. The number of nitrogens with zero attached hydrogens (tertiary/aromatic N) is 5. The lowest BCUT2D eigenvalue weighted by atomic mass is 10.2. The van der Waals surface area contributed by atoms with E-state index >= 15 is 0 Å². The van der Waals surface area contributed by atoms with Gasteiger partial charge in [0.05, 0.1) is 23.5 Å². The molecule has 0 saturated carbocycles. The maximum absolute atomic E-state index is 6.04. The number of hydrogen-bond acceptors (Lipinski definition) is 9. The number of benzene rings is 2. The Morgan fingerprint density at radius 2 is 1.88 bits per heavy atom. The summed E-state index contributed by atoms with van der Waals surface area (Å²) in [7, 11) is 8.18. The summed E-state index contributed by atoms with van der Waals surface area (Å²) >= 11 is 1.58. The zero-order valence-electron chi connectivity index (χ0n) is 20.5. The van der Waals surface area contributed by atoms with Gasteiger partial charge in [0.1, 0.15) is 17.9 Å². The second-order valence-electron chi connectivity index (χ2n) is 8.75. The minimum atomic E-state index is 0.705. The third-order valence-corrected chi connectivity index (χ3v) is 6.71. The van der Waals surface area contributed by atoms with E-state index in [-0.39, 0.29) is 0 Å². The van der Waals surface area contributed by atoms with Crippen LogP contribution in [0.4, 0.5) is 17.2 Å². The van der Waals surface area contributed by atoms with E-state index in [9.17, 15) is 0 Å². The highest BCUT2D eigenvalue weighted by Crippen LogP contribution is 2.33. The zero-order valence-corrected chi connectivity index (χ0v) is 21.4. The van der Waals surface area contributed by atoms with Crippen molar-refractivity contribution in [2.75, 3.05) is 77.7 Å². The summed E-state index contributed by atoms with van der Waals surface area (Å²) in [4.78, 5) is 17.1. The van der Waals surface area contributed by atoms with Crippen molar-refractivity contribution in [2.24, 2.45) is 0 Å². The highest BCUT2D eigenvalue weighted by atomic mass is 32.2. The molecule has 1 aliphatic rings. The van der Waals surface area contributed by atoms with E-state index in [1.165, 1.54) is 0 Å². The van der Waals surface area contributed by atoms with Crippen LogP contribution < -0.4 is 19.7 Å². The summed E-state index contributed by atoms with van der Waals surface area (Å²) in [5, 5.41) is 4.48. The van der Waals surface area contributed by atoms with Crippen molar-refractivity contribution in [3.05, 3.63) is 42.7 Å². The van der Waals surface area contributed by atoms with Gasteiger partial charge in [-0.2, -0.15) is 0 Å². The van der Waals surface area contributed by atoms with Crippen LogP contribution in [-0.4, -0.2) is 87.3 Å². The Balaban J connectivity index is 1.43. The van der Waals surface area contributed by atoms with E-state index in [4.69, 9.17) is 4.74 Å². The molecule has 0 atom stereocenters. The molecule has 2 N–H and O–H groups in total. The van der Waals surface area contributed by atoms with E-state index in [2.05, 4.69) is 60.0 Å². The molecule has 9 heteroatoms. The second kappa shape index (κ2) is 11.7. The summed E-state index contributed by atoms with van der Waals surface area (Å²) in [6, 6.07) is 12.4. The summed E-state index contributed by atoms with van der Waals surface area (Å²) < 4.78 is 9.18. The number of anilines is 3. The van der Waals surface area contributed by atoms with E-state index in [0.29, 0.717) is 6.61 Å². The molecule has 0 bridgehead atoms. The highest BCUT2D eigenvalue weighted by molar-refractivity contribution is 7.97. The molecule has 8 nitrogen and oxygen atoms in total. The van der Waals surface area contributed by atoms with Gasteiger partial charge < -0.3 is 24.8 Å². The first-order chi connectivity index (χ1) is 16.5. The Labute approximate surface area is 206 Å². The Morgan fingerprint density at radius 1 is 1.06 bits per heavy atom. The van der Waals surface area contributed by atoms with Crippen LogP contribution in [0.3, 0.4) is 0 Å². The van der Waals surface area contributed by atoms with Gasteiger partial charge >= 0.3 is 0 Å². The van der Waals surface area contributed by atoms with Crippen LogP contribution in [-0.2, 0) is 0 Å². The van der Waals surface area contributed by atoms with Crippen molar-refractivity contribution in [1.82, 2.24) is 24.5 Å². The number of nitrogens with one attached hydrogen (secondary N) is 2. The lowest BCUT2D eigenvalue weighted by molar-refractivity contribution is 0.145. The molecule has 0 unspecified atom stereocenters. The minimum absolute atomic E-state index is 0.705. The summed E-state index contributed by atoms with van der Waals surface area (Å²) in [5.74, 6) is 1.62. The molecule has 1 saturated heterocycles. The second-order valence-corrected chi connectivity index (χ2v) is 9.84. The molecule has 1 aliphatic heterocycles. The van der Waals surface area contributed by atoms with Crippen molar-refractivity contribution in [2.45, 2.75) is 11.3 Å². The first-order valence-corrected chi connectivity index (χ1v) is 12.6. The SMILES string of the molecule is CNSc1ccc(N(C)C)c(Nc2ncnc3cc(OCCCN4CCN(C)CC4)ccc23)c1. The van der Waals surface area contributed by atoms with Gasteiger partial charge in [0.15, 0.2) is 0 Å². The quantitative estimate of drug-likeness (QED) is 0.333. The van der Waals surface area contributed by atoms with Gasteiger partial charge in [0.2, 0.25) is 0 Å². The predicted molar refractivity (Wildman–Crippen MR) is 143 cm³/mol. The van der Waals surface area contributed by atoms with Crippen molar-refractivity contribution in [3.8, 4) is 5.75 Å². The zero-order chi connectivity index (χ0) is 23.9. The third-order valence-electron chi connectivity index (χ3n) is 6.01. The Bertz CT molecular complexity index is 1090. The van der Waals surface area contributed by atoms with Crippen LogP contribution in [0.1, 0.15) is 6.42 Å². The molecule has 2 aromatic carbocycles. The standard InChI is InChI=1S/C25H35N7OS/c1-26-34-20-7-9-24(30(2)3)23(17-20)29-25-21-8-6-19(16-22(21)27-18-28-25)33-15-5-10-32-13-11-31(4)12-14-32/h6-9,16-18,26H,5,10-15H2,1-4H3,(H,27,28,29). The maximum atomic E-state index is 6.04. The number of aromatic nitrogens is 2. The Morgan fingerprint density at radius 3 is 2.65 bits per heavy atom. The van der Waals surface area contributed by atoms with Crippen LogP contribution in [0.5, 0.6) is 5.75 Å². The highest BCUT2D eigenvalue weighted by Gasteiger charge is 2.13. The van der Waals surface area contributed by atoms with Crippen LogP contribution in [0, 0.1) is 0 Å². The first-order valence-electron chi connectivity index (χ1n) is 11.7. The first kappa shape index (κ1) is 24.5. The molecule has 3 aromatic rings. The summed E-state index contributed by atoms with van der Waals surface area (Å²) in [6.45, 7) is 6.37.